The highest BCUT2D eigenvalue weighted by molar-refractivity contribution is 7.25. The summed E-state index contributed by atoms with van der Waals surface area (Å²) in [6.45, 7) is 0. The Labute approximate surface area is 222 Å². The van der Waals surface area contributed by atoms with Crippen LogP contribution in [-0.4, -0.2) is 4.57 Å². The van der Waals surface area contributed by atoms with Crippen molar-refractivity contribution >= 4 is 85.6 Å². The van der Waals surface area contributed by atoms with E-state index in [2.05, 4.69) is 132 Å². The van der Waals surface area contributed by atoms with Gasteiger partial charge in [-0.25, -0.2) is 0 Å². The first-order valence-electron chi connectivity index (χ1n) is 13.0. The summed E-state index contributed by atoms with van der Waals surface area (Å²) < 4.78 is 5.20. The van der Waals surface area contributed by atoms with E-state index in [1.165, 1.54) is 80.0 Å². The summed E-state index contributed by atoms with van der Waals surface area (Å²) in [5.41, 5.74) is 3.76. The largest absolute Gasteiger partial charge is 0.308 e. The molecule has 0 N–H and O–H groups in total. The van der Waals surface area contributed by atoms with Gasteiger partial charge in [0.05, 0.1) is 11.0 Å². The van der Waals surface area contributed by atoms with Gasteiger partial charge in [0.1, 0.15) is 0 Å². The van der Waals surface area contributed by atoms with Crippen LogP contribution >= 0.6 is 11.3 Å². The summed E-state index contributed by atoms with van der Waals surface area (Å²) in [6.07, 6.45) is 0. The lowest BCUT2D eigenvalue weighted by Crippen LogP contribution is -1.95. The molecule has 9 rings (SSSR count). The van der Waals surface area contributed by atoms with Crippen LogP contribution in [0.25, 0.3) is 80.0 Å². The zero-order valence-corrected chi connectivity index (χ0v) is 21.3. The van der Waals surface area contributed by atoms with Gasteiger partial charge in [-0.3, -0.25) is 0 Å². The first-order valence-corrected chi connectivity index (χ1v) is 13.9. The standard InChI is InChI=1S/C36H21NS/c1-2-10-24-22(9-1)17-19-30-34-28-14-5-3-11-25(28)26-12-4-6-15-29(26)36(34)37(35(24)30)23-18-20-33-31(21-23)27-13-7-8-16-32(27)38-33/h1-21H. The van der Waals surface area contributed by atoms with Crippen LogP contribution in [0.1, 0.15) is 0 Å². The molecule has 0 saturated heterocycles. The lowest BCUT2D eigenvalue weighted by Gasteiger charge is -2.13. The molecule has 0 radical (unpaired) electrons. The number of aromatic nitrogens is 1. The predicted octanol–water partition coefficient (Wildman–Crippen LogP) is 10.6. The topological polar surface area (TPSA) is 4.93 Å². The van der Waals surface area contributed by atoms with E-state index in [1.54, 1.807) is 0 Å². The first kappa shape index (κ1) is 20.4. The Morgan fingerprint density at radius 3 is 1.87 bits per heavy atom. The lowest BCUT2D eigenvalue weighted by molar-refractivity contribution is 1.20. The average Bonchev–Trinajstić information content (AvgIpc) is 3.53. The van der Waals surface area contributed by atoms with Gasteiger partial charge in [-0.2, -0.15) is 0 Å². The Bertz CT molecular complexity index is 2400. The van der Waals surface area contributed by atoms with Crippen LogP contribution in [-0.2, 0) is 0 Å². The van der Waals surface area contributed by atoms with Crippen LogP contribution < -0.4 is 0 Å². The molecule has 0 unspecified atom stereocenters. The number of benzene rings is 7. The monoisotopic (exact) mass is 499 g/mol. The van der Waals surface area contributed by atoms with E-state index < -0.39 is 0 Å². The van der Waals surface area contributed by atoms with Gasteiger partial charge >= 0.3 is 0 Å². The second kappa shape index (κ2) is 7.44. The van der Waals surface area contributed by atoms with Crippen LogP contribution in [0, 0.1) is 0 Å². The van der Waals surface area contributed by atoms with Crippen molar-refractivity contribution in [3.63, 3.8) is 0 Å². The van der Waals surface area contributed by atoms with E-state index in [-0.39, 0.29) is 0 Å². The molecular formula is C36H21NS. The number of thiophene rings is 1. The zero-order chi connectivity index (χ0) is 24.8. The summed E-state index contributed by atoms with van der Waals surface area (Å²) in [5.74, 6) is 0. The molecule has 0 bridgehead atoms. The maximum absolute atomic E-state index is 2.54. The Kier molecular flexibility index (Phi) is 3.99. The number of hydrogen-bond acceptors (Lipinski definition) is 1. The third-order valence-electron chi connectivity index (χ3n) is 8.14. The van der Waals surface area contributed by atoms with E-state index in [4.69, 9.17) is 0 Å². The van der Waals surface area contributed by atoms with Crippen molar-refractivity contribution in [2.75, 3.05) is 0 Å². The van der Waals surface area contributed by atoms with Gasteiger partial charge < -0.3 is 4.57 Å². The van der Waals surface area contributed by atoms with Gasteiger partial charge in [-0.15, -0.1) is 11.3 Å². The third-order valence-corrected chi connectivity index (χ3v) is 9.29. The van der Waals surface area contributed by atoms with Crippen molar-refractivity contribution in [3.05, 3.63) is 127 Å². The number of fused-ring (bicyclic) bond motifs is 13. The van der Waals surface area contributed by atoms with E-state index >= 15 is 0 Å². The summed E-state index contributed by atoms with van der Waals surface area (Å²) in [6, 6.07) is 47.0. The molecule has 2 heteroatoms. The highest BCUT2D eigenvalue weighted by Gasteiger charge is 2.20. The Morgan fingerprint density at radius 2 is 1.03 bits per heavy atom. The maximum atomic E-state index is 2.54. The van der Waals surface area contributed by atoms with Crippen molar-refractivity contribution < 1.29 is 0 Å². The molecule has 0 aliphatic heterocycles. The SMILES string of the molecule is c1ccc2c(c1)ccc1c3c4ccccc4c4ccccc4c3n(-c3ccc4sc5ccccc5c4c3)c21. The van der Waals surface area contributed by atoms with Crippen LogP contribution in [0.5, 0.6) is 0 Å². The second-order valence-electron chi connectivity index (χ2n) is 10.1. The smallest absolute Gasteiger partial charge is 0.0626 e. The summed E-state index contributed by atoms with van der Waals surface area (Å²) >= 11 is 1.87. The van der Waals surface area contributed by atoms with Crippen molar-refractivity contribution in [1.82, 2.24) is 4.57 Å². The van der Waals surface area contributed by atoms with E-state index in [9.17, 15) is 0 Å². The maximum Gasteiger partial charge on any atom is 0.0626 e. The molecule has 0 fully saturated rings. The molecule has 0 atom stereocenters. The van der Waals surface area contributed by atoms with Crippen molar-refractivity contribution in [1.29, 1.82) is 0 Å². The normalized spacial score (nSPS) is 12.2. The third kappa shape index (κ3) is 2.60. The molecule has 2 aromatic heterocycles. The Balaban J connectivity index is 1.58. The molecule has 176 valence electrons. The van der Waals surface area contributed by atoms with Gasteiger partial charge in [0.25, 0.3) is 0 Å². The van der Waals surface area contributed by atoms with Gasteiger partial charge in [0, 0.05) is 47.4 Å². The molecule has 7 aromatic carbocycles. The van der Waals surface area contributed by atoms with E-state index in [0.717, 1.165) is 0 Å². The molecule has 0 aliphatic carbocycles. The fourth-order valence-corrected chi connectivity index (χ4v) is 7.63. The lowest BCUT2D eigenvalue weighted by atomic mass is 9.96. The minimum absolute atomic E-state index is 1.21. The molecule has 0 aliphatic rings. The summed E-state index contributed by atoms with van der Waals surface area (Å²) in [4.78, 5) is 0. The fraction of sp³-hybridized carbons (Fsp3) is 0. The zero-order valence-electron chi connectivity index (χ0n) is 20.5. The van der Waals surface area contributed by atoms with Gasteiger partial charge in [0.15, 0.2) is 0 Å². The van der Waals surface area contributed by atoms with Crippen LogP contribution in [0.3, 0.4) is 0 Å². The highest BCUT2D eigenvalue weighted by atomic mass is 32.1. The minimum atomic E-state index is 1.21. The Morgan fingerprint density at radius 1 is 0.395 bits per heavy atom. The van der Waals surface area contributed by atoms with Crippen molar-refractivity contribution in [2.45, 2.75) is 0 Å². The van der Waals surface area contributed by atoms with Gasteiger partial charge in [-0.1, -0.05) is 103 Å². The first-order chi connectivity index (χ1) is 18.9. The summed E-state index contributed by atoms with van der Waals surface area (Å²) in [7, 11) is 0. The van der Waals surface area contributed by atoms with Gasteiger partial charge in [0.2, 0.25) is 0 Å². The molecule has 2 heterocycles. The number of nitrogens with zero attached hydrogens (tertiary/aromatic N) is 1. The quantitative estimate of drug-likeness (QED) is 0.198. The molecule has 0 amide bonds. The molecular weight excluding hydrogens is 478 g/mol. The predicted molar refractivity (Wildman–Crippen MR) is 166 cm³/mol. The molecule has 9 aromatic rings. The van der Waals surface area contributed by atoms with Crippen LogP contribution in [0.2, 0.25) is 0 Å². The van der Waals surface area contributed by atoms with Crippen molar-refractivity contribution in [2.24, 2.45) is 0 Å². The van der Waals surface area contributed by atoms with Crippen molar-refractivity contribution in [3.8, 4) is 5.69 Å². The highest BCUT2D eigenvalue weighted by Crippen LogP contribution is 2.45. The summed E-state index contributed by atoms with van der Waals surface area (Å²) in [5, 5.41) is 13.0. The van der Waals surface area contributed by atoms with Crippen LogP contribution in [0.15, 0.2) is 127 Å². The molecule has 38 heavy (non-hydrogen) atoms. The molecule has 1 nitrogen and oxygen atoms in total. The second-order valence-corrected chi connectivity index (χ2v) is 11.2. The number of rotatable bonds is 1. The minimum Gasteiger partial charge on any atom is -0.308 e. The van der Waals surface area contributed by atoms with E-state index in [0.29, 0.717) is 0 Å². The number of hydrogen-bond donors (Lipinski definition) is 0. The van der Waals surface area contributed by atoms with Crippen LogP contribution in [0.4, 0.5) is 0 Å². The average molecular weight is 500 g/mol. The van der Waals surface area contributed by atoms with E-state index in [1.807, 2.05) is 11.3 Å². The van der Waals surface area contributed by atoms with Gasteiger partial charge in [-0.05, 0) is 45.8 Å². The molecule has 0 spiro atoms. The fourth-order valence-electron chi connectivity index (χ4n) is 6.55. The molecule has 0 saturated carbocycles. The Hall–Kier alpha value is -4.66.